The summed E-state index contributed by atoms with van der Waals surface area (Å²) in [5.74, 6) is 0. The van der Waals surface area contributed by atoms with Crippen LogP contribution in [0.15, 0.2) is 0 Å². The number of piperidine rings is 1. The minimum absolute atomic E-state index is 0.180. The summed E-state index contributed by atoms with van der Waals surface area (Å²) in [5, 5.41) is 10.9. The first-order valence-electron chi connectivity index (χ1n) is 6.34. The van der Waals surface area contributed by atoms with E-state index >= 15 is 0 Å². The normalized spacial score (nSPS) is 29.1. The van der Waals surface area contributed by atoms with E-state index in [2.05, 4.69) is 37.5 Å². The maximum Gasteiger partial charge on any atom is 0.0951 e. The van der Waals surface area contributed by atoms with Gasteiger partial charge in [-0.15, -0.1) is 0 Å². The second kappa shape index (κ2) is 4.63. The van der Waals surface area contributed by atoms with Crippen molar-refractivity contribution in [3.8, 4) is 0 Å². The minimum Gasteiger partial charge on any atom is -0.387 e. The summed E-state index contributed by atoms with van der Waals surface area (Å²) in [7, 11) is 4.10. The average molecular weight is 228 g/mol. The van der Waals surface area contributed by atoms with Crippen molar-refractivity contribution in [1.82, 2.24) is 9.80 Å². The van der Waals surface area contributed by atoms with Crippen molar-refractivity contribution in [3.05, 3.63) is 0 Å². The van der Waals surface area contributed by atoms with E-state index in [1.165, 1.54) is 0 Å². The molecule has 1 atom stereocenters. The monoisotopic (exact) mass is 228 g/mol. The van der Waals surface area contributed by atoms with E-state index in [0.717, 1.165) is 25.9 Å². The predicted molar refractivity (Wildman–Crippen MR) is 68.7 cm³/mol. The van der Waals surface area contributed by atoms with Crippen LogP contribution in [0.4, 0.5) is 0 Å². The van der Waals surface area contributed by atoms with Crippen LogP contribution in [0.2, 0.25) is 0 Å². The van der Waals surface area contributed by atoms with Crippen molar-refractivity contribution in [1.29, 1.82) is 0 Å². The molecular formula is C13H28N2O. The molecule has 0 amide bonds. The Morgan fingerprint density at radius 2 is 1.88 bits per heavy atom. The minimum atomic E-state index is -0.598. The Morgan fingerprint density at radius 1 is 1.31 bits per heavy atom. The fourth-order valence-corrected chi connectivity index (χ4v) is 2.43. The number of likely N-dealkylation sites (tertiary alicyclic amines) is 1. The highest BCUT2D eigenvalue weighted by Gasteiger charge is 2.47. The third-order valence-corrected chi connectivity index (χ3v) is 4.49. The van der Waals surface area contributed by atoms with Gasteiger partial charge in [0, 0.05) is 18.1 Å². The van der Waals surface area contributed by atoms with Crippen molar-refractivity contribution >= 4 is 0 Å². The maximum absolute atomic E-state index is 10.9. The lowest BCUT2D eigenvalue weighted by atomic mass is 9.75. The van der Waals surface area contributed by atoms with E-state index < -0.39 is 5.60 Å². The Balaban J connectivity index is 2.84. The Labute approximate surface area is 100 Å². The molecule has 1 fully saturated rings. The van der Waals surface area contributed by atoms with Crippen molar-refractivity contribution in [2.24, 2.45) is 0 Å². The molecule has 0 aromatic heterocycles. The van der Waals surface area contributed by atoms with Crippen molar-refractivity contribution in [2.75, 3.05) is 27.2 Å². The van der Waals surface area contributed by atoms with Gasteiger partial charge in [0.05, 0.1) is 5.60 Å². The highest BCUT2D eigenvalue weighted by molar-refractivity contribution is 5.03. The maximum atomic E-state index is 10.9. The van der Waals surface area contributed by atoms with Crippen LogP contribution in [0.25, 0.3) is 0 Å². The van der Waals surface area contributed by atoms with Gasteiger partial charge in [0.2, 0.25) is 0 Å². The van der Waals surface area contributed by atoms with E-state index in [4.69, 9.17) is 0 Å². The Bertz CT molecular complexity index is 238. The van der Waals surface area contributed by atoms with E-state index in [-0.39, 0.29) is 5.54 Å². The number of likely N-dealkylation sites (N-methyl/N-ethyl adjacent to an activating group) is 1. The zero-order chi connectivity index (χ0) is 12.6. The van der Waals surface area contributed by atoms with E-state index in [1.807, 2.05) is 14.1 Å². The quantitative estimate of drug-likeness (QED) is 0.794. The standard InChI is InChI=1S/C13H28N2O/c1-11(2)15-9-7-8-13(16,10-15)12(3,4)14(5)6/h11,16H,7-10H2,1-6H3/t13-/m1/s1. The Hall–Kier alpha value is -0.120. The van der Waals surface area contributed by atoms with Crippen molar-refractivity contribution in [3.63, 3.8) is 0 Å². The second-order valence-electron chi connectivity index (χ2n) is 6.15. The molecule has 3 nitrogen and oxygen atoms in total. The summed E-state index contributed by atoms with van der Waals surface area (Å²) in [6.45, 7) is 10.6. The number of β-amino-alcohol motifs (C(OH)–C–C–N with tert-alkyl or cyclic N) is 1. The number of hydrogen-bond acceptors (Lipinski definition) is 3. The van der Waals surface area contributed by atoms with Crippen LogP contribution in [0.5, 0.6) is 0 Å². The molecule has 16 heavy (non-hydrogen) atoms. The molecule has 0 aromatic rings. The van der Waals surface area contributed by atoms with Gasteiger partial charge >= 0.3 is 0 Å². The van der Waals surface area contributed by atoms with E-state index in [9.17, 15) is 5.11 Å². The molecule has 1 heterocycles. The molecule has 1 saturated heterocycles. The lowest BCUT2D eigenvalue weighted by Crippen LogP contribution is -2.65. The van der Waals surface area contributed by atoms with Crippen LogP contribution in [0.3, 0.4) is 0 Å². The van der Waals surface area contributed by atoms with Crippen LogP contribution in [0, 0.1) is 0 Å². The first-order valence-corrected chi connectivity index (χ1v) is 6.34. The summed E-state index contributed by atoms with van der Waals surface area (Å²) in [6, 6.07) is 0.518. The number of hydrogen-bond donors (Lipinski definition) is 1. The molecule has 1 N–H and O–H groups in total. The fraction of sp³-hybridized carbons (Fsp3) is 1.00. The zero-order valence-corrected chi connectivity index (χ0v) is 11.7. The van der Waals surface area contributed by atoms with Crippen molar-refractivity contribution in [2.45, 2.75) is 57.7 Å². The SMILES string of the molecule is CC(C)N1CCC[C@](O)(C(C)(C)N(C)C)C1. The molecule has 0 spiro atoms. The summed E-state index contributed by atoms with van der Waals surface area (Å²) in [6.07, 6.45) is 1.99. The Kier molecular flexibility index (Phi) is 4.04. The molecule has 1 rings (SSSR count). The summed E-state index contributed by atoms with van der Waals surface area (Å²) >= 11 is 0. The van der Waals surface area contributed by atoms with Crippen LogP contribution >= 0.6 is 0 Å². The van der Waals surface area contributed by atoms with Gasteiger partial charge in [-0.1, -0.05) is 0 Å². The Morgan fingerprint density at radius 3 is 2.31 bits per heavy atom. The van der Waals surface area contributed by atoms with Crippen LogP contribution in [-0.2, 0) is 0 Å². The molecule has 3 heteroatoms. The summed E-state index contributed by atoms with van der Waals surface area (Å²) < 4.78 is 0. The molecule has 0 bridgehead atoms. The fourth-order valence-electron chi connectivity index (χ4n) is 2.43. The molecule has 0 radical (unpaired) electrons. The molecule has 1 aliphatic rings. The first kappa shape index (κ1) is 13.9. The number of nitrogens with zero attached hydrogens (tertiary/aromatic N) is 2. The van der Waals surface area contributed by atoms with E-state index in [1.54, 1.807) is 0 Å². The second-order valence-corrected chi connectivity index (χ2v) is 6.15. The largest absolute Gasteiger partial charge is 0.387 e. The van der Waals surface area contributed by atoms with Gasteiger partial charge in [-0.25, -0.2) is 0 Å². The van der Waals surface area contributed by atoms with Gasteiger partial charge in [-0.05, 0) is 61.2 Å². The van der Waals surface area contributed by atoms with E-state index in [0.29, 0.717) is 6.04 Å². The molecule has 0 unspecified atom stereocenters. The van der Waals surface area contributed by atoms with Crippen LogP contribution < -0.4 is 0 Å². The molecular weight excluding hydrogens is 200 g/mol. The third-order valence-electron chi connectivity index (χ3n) is 4.49. The number of aliphatic hydroxyl groups is 1. The molecule has 1 aliphatic heterocycles. The van der Waals surface area contributed by atoms with Gasteiger partial charge in [-0.2, -0.15) is 0 Å². The topological polar surface area (TPSA) is 26.7 Å². The highest BCUT2D eigenvalue weighted by Crippen LogP contribution is 2.35. The first-order chi connectivity index (χ1) is 7.21. The highest BCUT2D eigenvalue weighted by atomic mass is 16.3. The lowest BCUT2D eigenvalue weighted by Gasteiger charge is -2.52. The molecule has 0 aromatic carbocycles. The van der Waals surface area contributed by atoms with Crippen molar-refractivity contribution < 1.29 is 5.11 Å². The summed E-state index contributed by atoms with van der Waals surface area (Å²) in [5.41, 5.74) is -0.778. The molecule has 0 saturated carbocycles. The smallest absolute Gasteiger partial charge is 0.0951 e. The molecule has 0 aliphatic carbocycles. The van der Waals surface area contributed by atoms with Gasteiger partial charge in [-0.3, -0.25) is 4.90 Å². The number of rotatable bonds is 3. The van der Waals surface area contributed by atoms with Gasteiger partial charge in [0.25, 0.3) is 0 Å². The van der Waals surface area contributed by atoms with Gasteiger partial charge in [0.15, 0.2) is 0 Å². The summed E-state index contributed by atoms with van der Waals surface area (Å²) in [4.78, 5) is 4.52. The lowest BCUT2D eigenvalue weighted by molar-refractivity contribution is -0.125. The van der Waals surface area contributed by atoms with Crippen LogP contribution in [-0.4, -0.2) is 59.3 Å². The molecule has 96 valence electrons. The van der Waals surface area contributed by atoms with Crippen LogP contribution in [0.1, 0.15) is 40.5 Å². The van der Waals surface area contributed by atoms with Gasteiger partial charge in [0.1, 0.15) is 0 Å². The zero-order valence-electron chi connectivity index (χ0n) is 11.7. The average Bonchev–Trinajstić information content (AvgIpc) is 2.17. The van der Waals surface area contributed by atoms with Gasteiger partial charge < -0.3 is 10.0 Å². The third kappa shape index (κ3) is 2.41. The predicted octanol–water partition coefficient (Wildman–Crippen LogP) is 1.56.